The van der Waals surface area contributed by atoms with E-state index in [-0.39, 0.29) is 11.7 Å². The van der Waals surface area contributed by atoms with Gasteiger partial charge >= 0.3 is 0 Å². The highest BCUT2D eigenvalue weighted by molar-refractivity contribution is 7.17. The number of hydrogen-bond acceptors (Lipinski definition) is 3. The van der Waals surface area contributed by atoms with E-state index in [4.69, 9.17) is 0 Å². The minimum absolute atomic E-state index is 0.229. The molecule has 24 heavy (non-hydrogen) atoms. The first-order chi connectivity index (χ1) is 11.7. The molecule has 4 rings (SSSR count). The summed E-state index contributed by atoms with van der Waals surface area (Å²) in [6, 6.07) is 17.4. The largest absolute Gasteiger partial charge is 0.324 e. The SMILES string of the molecule is O=C(Nc1nc2ccccc2[nH]1)c1ccc(-c2ccc(F)cc2)s1. The van der Waals surface area contributed by atoms with E-state index in [2.05, 4.69) is 15.3 Å². The Labute approximate surface area is 141 Å². The summed E-state index contributed by atoms with van der Waals surface area (Å²) in [6.07, 6.45) is 0. The third-order valence-electron chi connectivity index (χ3n) is 3.58. The monoisotopic (exact) mass is 337 g/mol. The van der Waals surface area contributed by atoms with Crippen molar-refractivity contribution < 1.29 is 9.18 Å². The van der Waals surface area contributed by atoms with Crippen molar-refractivity contribution in [2.75, 3.05) is 5.32 Å². The lowest BCUT2D eigenvalue weighted by atomic mass is 10.2. The number of carbonyl (C=O) groups excluding carboxylic acids is 1. The molecule has 0 bridgehead atoms. The Morgan fingerprint density at radius 3 is 2.62 bits per heavy atom. The lowest BCUT2D eigenvalue weighted by molar-refractivity contribution is 0.103. The van der Waals surface area contributed by atoms with Crippen LogP contribution in [0.5, 0.6) is 0 Å². The third kappa shape index (κ3) is 2.79. The summed E-state index contributed by atoms with van der Waals surface area (Å²) >= 11 is 1.35. The summed E-state index contributed by atoms with van der Waals surface area (Å²) in [4.78, 5) is 21.2. The van der Waals surface area contributed by atoms with Crippen molar-refractivity contribution in [3.05, 3.63) is 71.4 Å². The lowest BCUT2D eigenvalue weighted by Crippen LogP contribution is -2.11. The van der Waals surface area contributed by atoms with E-state index in [1.807, 2.05) is 30.3 Å². The van der Waals surface area contributed by atoms with Gasteiger partial charge in [-0.05, 0) is 42.0 Å². The van der Waals surface area contributed by atoms with E-state index in [0.29, 0.717) is 10.8 Å². The standard InChI is InChI=1S/C18H12FN3OS/c19-12-7-5-11(6-8-12)15-9-10-16(24-15)17(23)22-18-20-13-3-1-2-4-14(13)21-18/h1-10H,(H2,20,21,22,23). The molecular formula is C18H12FN3OS. The van der Waals surface area contributed by atoms with Crippen molar-refractivity contribution in [2.24, 2.45) is 0 Å². The smallest absolute Gasteiger partial charge is 0.268 e. The fraction of sp³-hybridized carbons (Fsp3) is 0. The normalized spacial score (nSPS) is 10.9. The number of nitrogens with one attached hydrogen (secondary N) is 2. The summed E-state index contributed by atoms with van der Waals surface area (Å²) in [5, 5.41) is 2.77. The maximum Gasteiger partial charge on any atom is 0.268 e. The van der Waals surface area contributed by atoms with Crippen LogP contribution in [0.3, 0.4) is 0 Å². The number of amides is 1. The molecule has 2 heterocycles. The molecule has 0 fully saturated rings. The predicted octanol–water partition coefficient (Wildman–Crippen LogP) is 4.68. The van der Waals surface area contributed by atoms with Gasteiger partial charge in [-0.3, -0.25) is 10.1 Å². The van der Waals surface area contributed by atoms with Gasteiger partial charge in [-0.2, -0.15) is 0 Å². The quantitative estimate of drug-likeness (QED) is 0.570. The Bertz CT molecular complexity index is 987. The maximum atomic E-state index is 13.0. The van der Waals surface area contributed by atoms with Crippen LogP contribution in [0.25, 0.3) is 21.5 Å². The zero-order valence-electron chi connectivity index (χ0n) is 12.4. The molecule has 0 spiro atoms. The van der Waals surface area contributed by atoms with Gasteiger partial charge < -0.3 is 4.98 Å². The molecule has 0 aliphatic rings. The van der Waals surface area contributed by atoms with Crippen LogP contribution in [0.4, 0.5) is 10.3 Å². The minimum Gasteiger partial charge on any atom is -0.324 e. The molecule has 0 saturated heterocycles. The minimum atomic E-state index is -0.279. The van der Waals surface area contributed by atoms with Crippen LogP contribution < -0.4 is 5.32 Å². The summed E-state index contributed by atoms with van der Waals surface area (Å²) in [5.74, 6) is -0.0940. The molecule has 118 valence electrons. The van der Waals surface area contributed by atoms with Gasteiger partial charge in [0.25, 0.3) is 5.91 Å². The highest BCUT2D eigenvalue weighted by Gasteiger charge is 2.12. The van der Waals surface area contributed by atoms with Crippen molar-refractivity contribution in [2.45, 2.75) is 0 Å². The number of carbonyl (C=O) groups is 1. The van der Waals surface area contributed by atoms with E-state index in [0.717, 1.165) is 21.5 Å². The number of rotatable bonds is 3. The molecule has 4 aromatic rings. The van der Waals surface area contributed by atoms with Gasteiger partial charge in [-0.1, -0.05) is 24.3 Å². The van der Waals surface area contributed by atoms with Crippen LogP contribution in [0.1, 0.15) is 9.67 Å². The van der Waals surface area contributed by atoms with Crippen molar-refractivity contribution in [3.8, 4) is 10.4 Å². The number of imidazole rings is 1. The number of para-hydroxylation sites is 2. The molecule has 0 radical (unpaired) electrons. The summed E-state index contributed by atoms with van der Waals surface area (Å²) < 4.78 is 13.0. The Morgan fingerprint density at radius 1 is 1.04 bits per heavy atom. The van der Waals surface area contributed by atoms with Crippen molar-refractivity contribution in [3.63, 3.8) is 0 Å². The zero-order chi connectivity index (χ0) is 16.5. The number of anilines is 1. The number of H-pyrrole nitrogens is 1. The van der Waals surface area contributed by atoms with Crippen molar-refractivity contribution in [1.29, 1.82) is 0 Å². The van der Waals surface area contributed by atoms with Crippen LogP contribution in [0.15, 0.2) is 60.7 Å². The van der Waals surface area contributed by atoms with E-state index in [9.17, 15) is 9.18 Å². The topological polar surface area (TPSA) is 57.8 Å². The van der Waals surface area contributed by atoms with Crippen LogP contribution >= 0.6 is 11.3 Å². The average molecular weight is 337 g/mol. The van der Waals surface area contributed by atoms with Crippen molar-refractivity contribution in [1.82, 2.24) is 9.97 Å². The molecule has 0 unspecified atom stereocenters. The van der Waals surface area contributed by atoms with E-state index in [1.54, 1.807) is 18.2 Å². The van der Waals surface area contributed by atoms with Crippen LogP contribution in [-0.4, -0.2) is 15.9 Å². The Morgan fingerprint density at radius 2 is 1.83 bits per heavy atom. The Kier molecular flexibility index (Phi) is 3.59. The average Bonchev–Trinajstić information content (AvgIpc) is 3.21. The second-order valence-corrected chi connectivity index (χ2v) is 6.31. The molecule has 1 amide bonds. The molecule has 6 heteroatoms. The fourth-order valence-electron chi connectivity index (χ4n) is 2.41. The number of halogens is 1. The highest BCUT2D eigenvalue weighted by atomic mass is 32.1. The number of aromatic nitrogens is 2. The van der Waals surface area contributed by atoms with E-state index in [1.165, 1.54) is 23.5 Å². The van der Waals surface area contributed by atoms with Gasteiger partial charge in [-0.25, -0.2) is 9.37 Å². The first kappa shape index (κ1) is 14.6. The van der Waals surface area contributed by atoms with Crippen LogP contribution in [0.2, 0.25) is 0 Å². The molecule has 0 aliphatic heterocycles. The van der Waals surface area contributed by atoms with Gasteiger partial charge in [0.2, 0.25) is 5.95 Å². The third-order valence-corrected chi connectivity index (χ3v) is 4.71. The second kappa shape index (κ2) is 5.90. The number of aromatic amines is 1. The second-order valence-electron chi connectivity index (χ2n) is 5.23. The highest BCUT2D eigenvalue weighted by Crippen LogP contribution is 2.28. The van der Waals surface area contributed by atoms with Crippen molar-refractivity contribution >= 4 is 34.2 Å². The van der Waals surface area contributed by atoms with Gasteiger partial charge in [0, 0.05) is 4.88 Å². The van der Waals surface area contributed by atoms with Gasteiger partial charge in [-0.15, -0.1) is 11.3 Å². The summed E-state index contributed by atoms with van der Waals surface area (Å²) in [7, 11) is 0. The summed E-state index contributed by atoms with van der Waals surface area (Å²) in [5.41, 5.74) is 2.54. The van der Waals surface area contributed by atoms with E-state index < -0.39 is 0 Å². The first-order valence-corrected chi connectivity index (χ1v) is 8.12. The first-order valence-electron chi connectivity index (χ1n) is 7.31. The molecule has 0 aliphatic carbocycles. The molecule has 2 aromatic carbocycles. The Balaban J connectivity index is 1.55. The number of thiophene rings is 1. The number of hydrogen-bond donors (Lipinski definition) is 2. The molecule has 0 saturated carbocycles. The Hall–Kier alpha value is -2.99. The number of benzene rings is 2. The number of fused-ring (bicyclic) bond motifs is 1. The van der Waals surface area contributed by atoms with Gasteiger partial charge in [0.05, 0.1) is 15.9 Å². The maximum absolute atomic E-state index is 13.0. The fourth-order valence-corrected chi connectivity index (χ4v) is 3.32. The zero-order valence-corrected chi connectivity index (χ0v) is 13.2. The van der Waals surface area contributed by atoms with Crippen LogP contribution in [-0.2, 0) is 0 Å². The lowest BCUT2D eigenvalue weighted by Gasteiger charge is -1.99. The van der Waals surface area contributed by atoms with Crippen LogP contribution in [0, 0.1) is 5.82 Å². The molecular weight excluding hydrogens is 325 g/mol. The molecule has 4 nitrogen and oxygen atoms in total. The van der Waals surface area contributed by atoms with Gasteiger partial charge in [0.1, 0.15) is 5.82 Å². The molecule has 0 atom stereocenters. The van der Waals surface area contributed by atoms with E-state index >= 15 is 0 Å². The van der Waals surface area contributed by atoms with Gasteiger partial charge in [0.15, 0.2) is 0 Å². The predicted molar refractivity (Wildman–Crippen MR) is 93.8 cm³/mol. The molecule has 2 N–H and O–H groups in total. The molecule has 2 aromatic heterocycles. The summed E-state index contributed by atoms with van der Waals surface area (Å²) in [6.45, 7) is 0. The number of nitrogens with zero attached hydrogens (tertiary/aromatic N) is 1.